The molecule has 1 aliphatic heterocycles. The number of amides is 2. The van der Waals surface area contributed by atoms with Gasteiger partial charge in [-0.1, -0.05) is 30.3 Å². The van der Waals surface area contributed by atoms with Crippen molar-refractivity contribution in [2.24, 2.45) is 0 Å². The maximum absolute atomic E-state index is 12.1. The van der Waals surface area contributed by atoms with Crippen LogP contribution >= 0.6 is 11.8 Å². The number of carbonyl (C=O) groups is 2. The lowest BCUT2D eigenvalue weighted by Crippen LogP contribution is -2.26. The van der Waals surface area contributed by atoms with Crippen LogP contribution in [0.15, 0.2) is 53.4 Å². The summed E-state index contributed by atoms with van der Waals surface area (Å²) in [4.78, 5) is 24.8. The first kappa shape index (κ1) is 15.6. The molecule has 3 rings (SSSR count). The van der Waals surface area contributed by atoms with E-state index in [0.717, 1.165) is 16.1 Å². The van der Waals surface area contributed by atoms with Crippen LogP contribution < -0.4 is 10.6 Å². The van der Waals surface area contributed by atoms with Gasteiger partial charge >= 0.3 is 0 Å². The lowest BCUT2D eigenvalue weighted by Gasteiger charge is -2.22. The van der Waals surface area contributed by atoms with Gasteiger partial charge in [0.1, 0.15) is 0 Å². The minimum Gasteiger partial charge on any atom is -0.326 e. The summed E-state index contributed by atoms with van der Waals surface area (Å²) in [7, 11) is 0. The summed E-state index contributed by atoms with van der Waals surface area (Å²) in [6.45, 7) is 1.88. The summed E-state index contributed by atoms with van der Waals surface area (Å²) in [5.41, 5.74) is 2.61. The van der Waals surface area contributed by atoms with E-state index in [1.807, 2.05) is 55.5 Å². The Labute approximate surface area is 139 Å². The van der Waals surface area contributed by atoms with E-state index < -0.39 is 0 Å². The molecular weight excluding hydrogens is 308 g/mol. The first-order valence-electron chi connectivity index (χ1n) is 7.57. The van der Waals surface area contributed by atoms with Crippen molar-refractivity contribution in [3.63, 3.8) is 0 Å². The fourth-order valence-corrected chi connectivity index (χ4v) is 3.34. The summed E-state index contributed by atoms with van der Waals surface area (Å²) in [5, 5.41) is 5.67. The second-order valence-electron chi connectivity index (χ2n) is 5.49. The van der Waals surface area contributed by atoms with E-state index in [1.54, 1.807) is 0 Å². The Morgan fingerprint density at radius 3 is 2.78 bits per heavy atom. The Kier molecular flexibility index (Phi) is 4.67. The molecule has 0 aliphatic carbocycles. The molecule has 2 amide bonds. The van der Waals surface area contributed by atoms with E-state index in [9.17, 15) is 9.59 Å². The molecule has 118 valence electrons. The molecule has 2 aromatic rings. The van der Waals surface area contributed by atoms with Gasteiger partial charge in [0.15, 0.2) is 0 Å². The molecular formula is C18H18N2O2S. The number of anilines is 2. The van der Waals surface area contributed by atoms with Crippen molar-refractivity contribution in [1.29, 1.82) is 0 Å². The Morgan fingerprint density at radius 1 is 1.22 bits per heavy atom. The van der Waals surface area contributed by atoms with Crippen LogP contribution in [-0.2, 0) is 16.0 Å². The molecule has 0 spiro atoms. The lowest BCUT2D eigenvalue weighted by molar-refractivity contribution is -0.116. The number of benzene rings is 2. The van der Waals surface area contributed by atoms with Crippen LogP contribution in [-0.4, -0.2) is 17.1 Å². The molecule has 2 N–H and O–H groups in total. The summed E-state index contributed by atoms with van der Waals surface area (Å²) in [6, 6.07) is 15.5. The summed E-state index contributed by atoms with van der Waals surface area (Å²) >= 11 is 1.53. The minimum atomic E-state index is -0.0891. The summed E-state index contributed by atoms with van der Waals surface area (Å²) in [6.07, 6.45) is 1.14. The average Bonchev–Trinajstić information content (AvgIpc) is 2.55. The first-order valence-corrected chi connectivity index (χ1v) is 8.45. The van der Waals surface area contributed by atoms with E-state index in [-0.39, 0.29) is 17.1 Å². The highest BCUT2D eigenvalue weighted by Crippen LogP contribution is 2.36. The standard InChI is InChI=1S/C18H18N2O2S/c1-12-18(22)20-15-11-14(8-9-16(15)23-12)19-17(21)10-7-13-5-3-2-4-6-13/h2-6,8-9,11-12H,7,10H2,1H3,(H,19,21)(H,20,22). The monoisotopic (exact) mass is 326 g/mol. The van der Waals surface area contributed by atoms with E-state index >= 15 is 0 Å². The van der Waals surface area contributed by atoms with Crippen molar-refractivity contribution in [3.8, 4) is 0 Å². The molecule has 1 atom stereocenters. The molecule has 23 heavy (non-hydrogen) atoms. The second kappa shape index (κ2) is 6.87. The van der Waals surface area contributed by atoms with E-state index in [1.165, 1.54) is 11.8 Å². The molecule has 0 saturated carbocycles. The van der Waals surface area contributed by atoms with Gasteiger partial charge in [-0.05, 0) is 37.1 Å². The second-order valence-corrected chi connectivity index (χ2v) is 6.88. The minimum absolute atomic E-state index is 0.00458. The van der Waals surface area contributed by atoms with Crippen molar-refractivity contribution in [2.75, 3.05) is 10.6 Å². The first-order chi connectivity index (χ1) is 11.1. The fraction of sp³-hybridized carbons (Fsp3) is 0.222. The summed E-state index contributed by atoms with van der Waals surface area (Å²) in [5.74, 6) is -0.0352. The van der Waals surface area contributed by atoms with E-state index in [2.05, 4.69) is 10.6 Å². The number of thioether (sulfide) groups is 1. The fourth-order valence-electron chi connectivity index (χ4n) is 2.41. The van der Waals surface area contributed by atoms with Gasteiger partial charge in [-0.25, -0.2) is 0 Å². The lowest BCUT2D eigenvalue weighted by atomic mass is 10.1. The third-order valence-electron chi connectivity index (χ3n) is 3.68. The highest BCUT2D eigenvalue weighted by atomic mass is 32.2. The van der Waals surface area contributed by atoms with Gasteiger partial charge in [0.05, 0.1) is 10.9 Å². The predicted octanol–water partition coefficient (Wildman–Crippen LogP) is 3.69. The topological polar surface area (TPSA) is 58.2 Å². The predicted molar refractivity (Wildman–Crippen MR) is 93.8 cm³/mol. The molecule has 0 fully saturated rings. The molecule has 1 unspecified atom stereocenters. The molecule has 0 radical (unpaired) electrons. The van der Waals surface area contributed by atoms with Crippen molar-refractivity contribution < 1.29 is 9.59 Å². The zero-order chi connectivity index (χ0) is 16.2. The molecule has 0 aromatic heterocycles. The number of rotatable bonds is 4. The van der Waals surface area contributed by atoms with Crippen LogP contribution in [0, 0.1) is 0 Å². The molecule has 0 saturated heterocycles. The molecule has 0 bridgehead atoms. The molecule has 1 heterocycles. The third kappa shape index (κ3) is 3.93. The van der Waals surface area contributed by atoms with E-state index in [4.69, 9.17) is 0 Å². The number of carbonyl (C=O) groups excluding carboxylic acids is 2. The number of aryl methyl sites for hydroxylation is 1. The van der Waals surface area contributed by atoms with Crippen LogP contribution in [0.4, 0.5) is 11.4 Å². The van der Waals surface area contributed by atoms with Crippen molar-refractivity contribution >= 4 is 35.0 Å². The van der Waals surface area contributed by atoms with Gasteiger partial charge < -0.3 is 10.6 Å². The van der Waals surface area contributed by atoms with Gasteiger partial charge in [0.25, 0.3) is 0 Å². The van der Waals surface area contributed by atoms with Crippen LogP contribution in [0.1, 0.15) is 18.9 Å². The van der Waals surface area contributed by atoms with Crippen molar-refractivity contribution in [2.45, 2.75) is 29.9 Å². The van der Waals surface area contributed by atoms with Gasteiger partial charge in [-0.15, -0.1) is 11.8 Å². The molecule has 2 aromatic carbocycles. The SMILES string of the molecule is CC1Sc2ccc(NC(=O)CCc3ccccc3)cc2NC1=O. The van der Waals surface area contributed by atoms with Gasteiger partial charge in [-0.3, -0.25) is 9.59 Å². The number of nitrogens with one attached hydrogen (secondary N) is 2. The van der Waals surface area contributed by atoms with Crippen LogP contribution in [0.5, 0.6) is 0 Å². The Hall–Kier alpha value is -2.27. The Bertz CT molecular complexity index is 731. The smallest absolute Gasteiger partial charge is 0.237 e. The normalized spacial score (nSPS) is 16.4. The molecule has 5 heteroatoms. The largest absolute Gasteiger partial charge is 0.326 e. The van der Waals surface area contributed by atoms with Crippen molar-refractivity contribution in [3.05, 3.63) is 54.1 Å². The van der Waals surface area contributed by atoms with E-state index in [0.29, 0.717) is 18.5 Å². The number of hydrogen-bond acceptors (Lipinski definition) is 3. The third-order valence-corrected chi connectivity index (χ3v) is 4.86. The zero-order valence-electron chi connectivity index (χ0n) is 12.8. The Balaban J connectivity index is 1.61. The van der Waals surface area contributed by atoms with Gasteiger partial charge in [0.2, 0.25) is 11.8 Å². The maximum Gasteiger partial charge on any atom is 0.237 e. The highest BCUT2D eigenvalue weighted by molar-refractivity contribution is 8.00. The van der Waals surface area contributed by atoms with Crippen molar-refractivity contribution in [1.82, 2.24) is 0 Å². The number of hydrogen-bond donors (Lipinski definition) is 2. The molecule has 4 nitrogen and oxygen atoms in total. The van der Waals surface area contributed by atoms with Crippen LogP contribution in [0.3, 0.4) is 0 Å². The molecule has 1 aliphatic rings. The summed E-state index contributed by atoms with van der Waals surface area (Å²) < 4.78 is 0. The zero-order valence-corrected chi connectivity index (χ0v) is 13.7. The van der Waals surface area contributed by atoms with Crippen LogP contribution in [0.2, 0.25) is 0 Å². The number of fused-ring (bicyclic) bond motifs is 1. The average molecular weight is 326 g/mol. The maximum atomic E-state index is 12.1. The van der Waals surface area contributed by atoms with Gasteiger partial charge in [-0.2, -0.15) is 0 Å². The Morgan fingerprint density at radius 2 is 2.00 bits per heavy atom. The highest BCUT2D eigenvalue weighted by Gasteiger charge is 2.23. The van der Waals surface area contributed by atoms with Crippen LogP contribution in [0.25, 0.3) is 0 Å². The van der Waals surface area contributed by atoms with Gasteiger partial charge in [0, 0.05) is 17.0 Å². The quantitative estimate of drug-likeness (QED) is 0.901.